The molecule has 1 aliphatic rings. The molecular weight excluding hydrogens is 284 g/mol. The van der Waals surface area contributed by atoms with Crippen molar-refractivity contribution in [1.29, 1.82) is 0 Å². The van der Waals surface area contributed by atoms with E-state index >= 15 is 0 Å². The van der Waals surface area contributed by atoms with E-state index in [-0.39, 0.29) is 5.91 Å². The van der Waals surface area contributed by atoms with Gasteiger partial charge in [0.25, 0.3) is 0 Å². The van der Waals surface area contributed by atoms with Crippen LogP contribution in [0.5, 0.6) is 0 Å². The number of nitrogens with zero attached hydrogens (tertiary/aromatic N) is 1. The number of aryl methyl sites for hydroxylation is 1. The summed E-state index contributed by atoms with van der Waals surface area (Å²) in [5, 5.41) is 3.81. The first-order valence-electron chi connectivity index (χ1n) is 7.91. The predicted octanol–water partition coefficient (Wildman–Crippen LogP) is 3.12. The van der Waals surface area contributed by atoms with Crippen LogP contribution in [0, 0.1) is 5.92 Å². The van der Waals surface area contributed by atoms with Gasteiger partial charge < -0.3 is 10.2 Å². The van der Waals surface area contributed by atoms with Gasteiger partial charge in [-0.15, -0.1) is 0 Å². The van der Waals surface area contributed by atoms with Gasteiger partial charge in [0.1, 0.15) is 0 Å². The number of carbonyl (C=O) groups is 1. The van der Waals surface area contributed by atoms with Crippen LogP contribution in [0.3, 0.4) is 0 Å². The zero-order valence-electron chi connectivity index (χ0n) is 12.8. The highest BCUT2D eigenvalue weighted by Gasteiger charge is 2.18. The van der Waals surface area contributed by atoms with Gasteiger partial charge in [0.15, 0.2) is 0 Å². The summed E-state index contributed by atoms with van der Waals surface area (Å²) in [4.78, 5) is 14.4. The van der Waals surface area contributed by atoms with Crippen LogP contribution in [0.1, 0.15) is 31.7 Å². The van der Waals surface area contributed by atoms with Gasteiger partial charge in [-0.25, -0.2) is 0 Å². The number of benzene rings is 1. The molecule has 1 fully saturated rings. The molecule has 3 nitrogen and oxygen atoms in total. The molecule has 1 aromatic rings. The highest BCUT2D eigenvalue weighted by Crippen LogP contribution is 2.15. The van der Waals surface area contributed by atoms with Crippen molar-refractivity contribution in [3.05, 3.63) is 34.9 Å². The zero-order chi connectivity index (χ0) is 15.1. The van der Waals surface area contributed by atoms with E-state index < -0.39 is 0 Å². The Hall–Kier alpha value is -1.06. The molecule has 0 saturated carbocycles. The Morgan fingerprint density at radius 2 is 2.33 bits per heavy atom. The third kappa shape index (κ3) is 5.68. The van der Waals surface area contributed by atoms with Crippen molar-refractivity contribution in [2.24, 2.45) is 5.92 Å². The summed E-state index contributed by atoms with van der Waals surface area (Å²) in [6.07, 6.45) is 3.75. The number of hydrogen-bond acceptors (Lipinski definition) is 2. The molecule has 1 saturated heterocycles. The molecule has 0 spiro atoms. The molecule has 0 bridgehead atoms. The first-order valence-corrected chi connectivity index (χ1v) is 8.28. The minimum atomic E-state index is 0.142. The molecule has 0 unspecified atom stereocenters. The number of carbonyl (C=O) groups excluding carboxylic acids is 1. The lowest BCUT2D eigenvalue weighted by atomic mass is 9.98. The monoisotopic (exact) mass is 308 g/mol. The first-order chi connectivity index (χ1) is 10.2. The fourth-order valence-corrected chi connectivity index (χ4v) is 3.11. The molecule has 0 aliphatic carbocycles. The summed E-state index contributed by atoms with van der Waals surface area (Å²) in [5.74, 6) is 0.748. The molecule has 1 aliphatic heterocycles. The Morgan fingerprint density at radius 3 is 3.10 bits per heavy atom. The molecule has 4 heteroatoms. The second-order valence-corrected chi connectivity index (χ2v) is 6.27. The third-order valence-electron chi connectivity index (χ3n) is 4.17. The molecule has 1 atom stereocenters. The molecule has 116 valence electrons. The topological polar surface area (TPSA) is 32.3 Å². The number of piperidine rings is 1. The first kappa shape index (κ1) is 16.3. The zero-order valence-corrected chi connectivity index (χ0v) is 13.5. The molecule has 1 heterocycles. The van der Waals surface area contributed by atoms with Crippen molar-refractivity contribution < 1.29 is 4.79 Å². The van der Waals surface area contributed by atoms with Gasteiger partial charge in [-0.1, -0.05) is 30.7 Å². The highest BCUT2D eigenvalue weighted by atomic mass is 35.5. The van der Waals surface area contributed by atoms with Crippen LogP contribution in [-0.4, -0.2) is 37.0 Å². The van der Waals surface area contributed by atoms with Crippen molar-refractivity contribution in [3.63, 3.8) is 0 Å². The van der Waals surface area contributed by atoms with Crippen molar-refractivity contribution in [1.82, 2.24) is 10.2 Å². The van der Waals surface area contributed by atoms with Crippen LogP contribution in [0.2, 0.25) is 5.02 Å². The largest absolute Gasteiger partial charge is 0.356 e. The van der Waals surface area contributed by atoms with Gasteiger partial charge in [-0.3, -0.25) is 4.79 Å². The number of likely N-dealkylation sites (tertiary alicyclic amines) is 1. The van der Waals surface area contributed by atoms with Gasteiger partial charge in [-0.05, 0) is 56.0 Å². The van der Waals surface area contributed by atoms with Crippen LogP contribution in [0.25, 0.3) is 0 Å². The second kappa shape index (κ2) is 8.40. The summed E-state index contributed by atoms with van der Waals surface area (Å²) in [6, 6.07) is 7.72. The summed E-state index contributed by atoms with van der Waals surface area (Å²) in [6.45, 7) is 6.44. The molecule has 21 heavy (non-hydrogen) atoms. The predicted molar refractivity (Wildman–Crippen MR) is 87.6 cm³/mol. The summed E-state index contributed by atoms with van der Waals surface area (Å²) in [5.41, 5.74) is 1.12. The van der Waals surface area contributed by atoms with Gasteiger partial charge >= 0.3 is 0 Å². The molecule has 1 aromatic carbocycles. The van der Waals surface area contributed by atoms with E-state index in [9.17, 15) is 4.79 Å². The molecule has 0 radical (unpaired) electrons. The Balaban J connectivity index is 1.67. The molecule has 1 N–H and O–H groups in total. The van der Waals surface area contributed by atoms with E-state index in [1.54, 1.807) is 0 Å². The van der Waals surface area contributed by atoms with Gasteiger partial charge in [0, 0.05) is 24.5 Å². The maximum atomic E-state index is 11.9. The number of amides is 1. The number of rotatable bonds is 6. The maximum absolute atomic E-state index is 11.9. The fourth-order valence-electron chi connectivity index (χ4n) is 2.90. The normalized spacial score (nSPS) is 19.4. The van der Waals surface area contributed by atoms with Crippen molar-refractivity contribution in [2.75, 3.05) is 26.2 Å². The lowest BCUT2D eigenvalue weighted by Crippen LogP contribution is -2.40. The number of halogens is 1. The Morgan fingerprint density at radius 1 is 1.48 bits per heavy atom. The maximum Gasteiger partial charge on any atom is 0.220 e. The van der Waals surface area contributed by atoms with Crippen molar-refractivity contribution in [3.8, 4) is 0 Å². The van der Waals surface area contributed by atoms with Crippen molar-refractivity contribution >= 4 is 17.5 Å². The molecule has 1 amide bonds. The average Bonchev–Trinajstić information content (AvgIpc) is 2.51. The quantitative estimate of drug-likeness (QED) is 0.875. The van der Waals surface area contributed by atoms with Crippen molar-refractivity contribution in [2.45, 2.75) is 32.6 Å². The minimum absolute atomic E-state index is 0.142. The van der Waals surface area contributed by atoms with Crippen LogP contribution in [0.4, 0.5) is 0 Å². The lowest BCUT2D eigenvalue weighted by Gasteiger charge is -2.31. The van der Waals surface area contributed by atoms with E-state index in [0.29, 0.717) is 12.3 Å². The van der Waals surface area contributed by atoms with Crippen LogP contribution in [-0.2, 0) is 11.2 Å². The highest BCUT2D eigenvalue weighted by molar-refractivity contribution is 6.30. The van der Waals surface area contributed by atoms with E-state index in [2.05, 4.69) is 17.1 Å². The Bertz CT molecular complexity index is 464. The van der Waals surface area contributed by atoms with E-state index in [0.717, 1.165) is 36.6 Å². The summed E-state index contributed by atoms with van der Waals surface area (Å²) in [7, 11) is 0. The third-order valence-corrected chi connectivity index (χ3v) is 4.40. The molecular formula is C17H25ClN2O. The lowest BCUT2D eigenvalue weighted by molar-refractivity contribution is -0.121. The van der Waals surface area contributed by atoms with Crippen LogP contribution < -0.4 is 5.32 Å². The van der Waals surface area contributed by atoms with Crippen LogP contribution >= 0.6 is 11.6 Å². The van der Waals surface area contributed by atoms with Gasteiger partial charge in [-0.2, -0.15) is 0 Å². The minimum Gasteiger partial charge on any atom is -0.356 e. The van der Waals surface area contributed by atoms with Gasteiger partial charge in [0.2, 0.25) is 5.91 Å². The fraction of sp³-hybridized carbons (Fsp3) is 0.588. The standard InChI is InChI=1S/C17H25ClN2O/c1-2-20-10-4-6-15(13-20)12-19-17(21)9-8-14-5-3-7-16(18)11-14/h3,5,7,11,15H,2,4,6,8-10,12-13H2,1H3,(H,19,21)/t15-/m1/s1. The Labute approximate surface area is 132 Å². The van der Waals surface area contributed by atoms with E-state index in [1.165, 1.54) is 19.4 Å². The second-order valence-electron chi connectivity index (χ2n) is 5.84. The van der Waals surface area contributed by atoms with E-state index in [1.807, 2.05) is 24.3 Å². The van der Waals surface area contributed by atoms with Gasteiger partial charge in [0.05, 0.1) is 0 Å². The summed E-state index contributed by atoms with van der Waals surface area (Å²) >= 11 is 5.95. The number of nitrogens with one attached hydrogen (secondary N) is 1. The average molecular weight is 309 g/mol. The number of hydrogen-bond donors (Lipinski definition) is 1. The molecule has 0 aromatic heterocycles. The summed E-state index contributed by atoms with van der Waals surface area (Å²) < 4.78 is 0. The Kier molecular flexibility index (Phi) is 6.52. The SMILES string of the molecule is CCN1CCC[C@H](CNC(=O)CCc2cccc(Cl)c2)C1. The molecule has 2 rings (SSSR count). The smallest absolute Gasteiger partial charge is 0.220 e. The van der Waals surface area contributed by atoms with E-state index in [4.69, 9.17) is 11.6 Å². The van der Waals surface area contributed by atoms with Crippen LogP contribution in [0.15, 0.2) is 24.3 Å².